The van der Waals surface area contributed by atoms with Gasteiger partial charge in [0.25, 0.3) is 5.69 Å². The van der Waals surface area contributed by atoms with Gasteiger partial charge in [-0.05, 0) is 27.8 Å². The highest BCUT2D eigenvalue weighted by atomic mass is 16.6. The van der Waals surface area contributed by atoms with Crippen molar-refractivity contribution >= 4 is 5.69 Å². The van der Waals surface area contributed by atoms with E-state index in [1.807, 2.05) is 20.2 Å². The molecule has 0 saturated carbocycles. The van der Waals surface area contributed by atoms with E-state index in [0.717, 1.165) is 5.56 Å². The molecular formula is C14H19N5O2. The summed E-state index contributed by atoms with van der Waals surface area (Å²) in [6.45, 7) is 5.89. The lowest BCUT2D eigenvalue weighted by Gasteiger charge is -2.08. The quantitative estimate of drug-likeness (QED) is 0.673. The number of nitrogens with one attached hydrogen (secondary N) is 1. The maximum atomic E-state index is 11.1. The van der Waals surface area contributed by atoms with Crippen LogP contribution in [0, 0.1) is 24.0 Å². The van der Waals surface area contributed by atoms with Crippen LogP contribution in [0.3, 0.4) is 0 Å². The lowest BCUT2D eigenvalue weighted by Crippen LogP contribution is -2.11. The second kappa shape index (κ2) is 6.01. The average Bonchev–Trinajstić information content (AvgIpc) is 2.89. The Kier molecular flexibility index (Phi) is 4.32. The number of hydrogen-bond acceptors (Lipinski definition) is 5. The first kappa shape index (κ1) is 15.1. The van der Waals surface area contributed by atoms with E-state index in [0.29, 0.717) is 23.4 Å². The van der Waals surface area contributed by atoms with Crippen LogP contribution in [-0.4, -0.2) is 26.7 Å². The van der Waals surface area contributed by atoms with Crippen LogP contribution < -0.4 is 5.32 Å². The molecule has 2 rings (SSSR count). The Bertz CT molecular complexity index is 665. The summed E-state index contributed by atoms with van der Waals surface area (Å²) in [4.78, 5) is 15.1. The topological polar surface area (TPSA) is 85.9 Å². The fraction of sp³-hybridized carbons (Fsp3) is 0.429. The second-order valence-corrected chi connectivity index (χ2v) is 5.10. The van der Waals surface area contributed by atoms with Gasteiger partial charge in [0.15, 0.2) is 0 Å². The molecule has 0 aliphatic heterocycles. The normalized spacial score (nSPS) is 12.4. The lowest BCUT2D eigenvalue weighted by molar-refractivity contribution is -0.386. The van der Waals surface area contributed by atoms with Crippen molar-refractivity contribution in [2.45, 2.75) is 33.4 Å². The number of aryl methyl sites for hydroxylation is 1. The number of pyridine rings is 1. The van der Waals surface area contributed by atoms with Gasteiger partial charge >= 0.3 is 0 Å². The Labute approximate surface area is 123 Å². The Hall–Kier alpha value is -2.28. The summed E-state index contributed by atoms with van der Waals surface area (Å²) in [6, 6.07) is 0.208. The van der Waals surface area contributed by atoms with Crippen LogP contribution in [0.4, 0.5) is 5.69 Å². The molecular weight excluding hydrogens is 270 g/mol. The zero-order chi connectivity index (χ0) is 15.6. The summed E-state index contributed by atoms with van der Waals surface area (Å²) < 4.78 is 1.75. The van der Waals surface area contributed by atoms with Crippen LogP contribution in [0.1, 0.15) is 35.3 Å². The number of hydrogen-bond donors (Lipinski definition) is 1. The van der Waals surface area contributed by atoms with Crippen LogP contribution >= 0.6 is 0 Å². The van der Waals surface area contributed by atoms with Gasteiger partial charge in [-0.25, -0.2) is 0 Å². The summed E-state index contributed by atoms with van der Waals surface area (Å²) >= 11 is 0. The van der Waals surface area contributed by atoms with Crippen molar-refractivity contribution in [3.8, 4) is 0 Å². The van der Waals surface area contributed by atoms with Gasteiger partial charge in [-0.15, -0.1) is 0 Å². The molecule has 0 fully saturated rings. The fourth-order valence-corrected chi connectivity index (χ4v) is 2.22. The molecule has 0 radical (unpaired) electrons. The summed E-state index contributed by atoms with van der Waals surface area (Å²) in [5, 5.41) is 18.6. The smallest absolute Gasteiger partial charge is 0.278 e. The molecule has 7 nitrogen and oxygen atoms in total. The van der Waals surface area contributed by atoms with Crippen LogP contribution in [-0.2, 0) is 6.54 Å². The zero-order valence-electron chi connectivity index (χ0n) is 12.6. The molecule has 0 spiro atoms. The van der Waals surface area contributed by atoms with Crippen molar-refractivity contribution < 1.29 is 4.92 Å². The van der Waals surface area contributed by atoms with Gasteiger partial charge in [-0.3, -0.25) is 19.8 Å². The third kappa shape index (κ3) is 3.08. The Morgan fingerprint density at radius 1 is 1.43 bits per heavy atom. The van der Waals surface area contributed by atoms with Crippen molar-refractivity contribution in [1.82, 2.24) is 20.1 Å². The summed E-state index contributed by atoms with van der Waals surface area (Å²) in [6.07, 6.45) is 5.26. The van der Waals surface area contributed by atoms with E-state index < -0.39 is 0 Å². The third-order valence-corrected chi connectivity index (χ3v) is 3.66. The highest BCUT2D eigenvalue weighted by Gasteiger charge is 2.19. The van der Waals surface area contributed by atoms with Crippen LogP contribution in [0.25, 0.3) is 0 Å². The fourth-order valence-electron chi connectivity index (χ4n) is 2.22. The number of rotatable bonds is 5. The predicted molar refractivity (Wildman–Crippen MR) is 79.2 cm³/mol. The molecule has 2 aromatic rings. The van der Waals surface area contributed by atoms with Gasteiger partial charge in [0.1, 0.15) is 0 Å². The first-order chi connectivity index (χ1) is 9.93. The van der Waals surface area contributed by atoms with Gasteiger partial charge in [0.05, 0.1) is 28.9 Å². The Morgan fingerprint density at radius 2 is 2.14 bits per heavy atom. The Balaban J connectivity index is 2.30. The minimum atomic E-state index is -0.354. The monoisotopic (exact) mass is 289 g/mol. The maximum Gasteiger partial charge on any atom is 0.278 e. The van der Waals surface area contributed by atoms with Crippen LogP contribution in [0.2, 0.25) is 0 Å². The molecule has 0 amide bonds. The predicted octanol–water partition coefficient (Wildman–Crippen LogP) is 2.13. The number of nitro groups is 1. The third-order valence-electron chi connectivity index (χ3n) is 3.66. The van der Waals surface area contributed by atoms with Crippen molar-refractivity contribution in [3.05, 3.63) is 51.1 Å². The van der Waals surface area contributed by atoms with Crippen molar-refractivity contribution in [3.63, 3.8) is 0 Å². The molecule has 0 bridgehead atoms. The lowest BCUT2D eigenvalue weighted by atomic mass is 10.1. The molecule has 1 N–H and O–H groups in total. The van der Waals surface area contributed by atoms with Crippen molar-refractivity contribution in [1.29, 1.82) is 0 Å². The molecule has 0 aliphatic rings. The van der Waals surface area contributed by atoms with Crippen molar-refractivity contribution in [2.75, 3.05) is 7.05 Å². The standard InChI is InChI=1S/C14H19N5O2/c1-9-5-16-13(10(2)14(9)19(20)21)8-18-7-12(6-17-18)11(3)15-4/h5-7,11,15H,8H2,1-4H3. The first-order valence-electron chi connectivity index (χ1n) is 6.73. The van der Waals surface area contributed by atoms with Gasteiger partial charge < -0.3 is 5.32 Å². The molecule has 0 saturated heterocycles. The molecule has 2 aromatic heterocycles. The summed E-state index contributed by atoms with van der Waals surface area (Å²) in [5.74, 6) is 0. The van der Waals surface area contributed by atoms with Gasteiger partial charge in [-0.1, -0.05) is 0 Å². The SMILES string of the molecule is CNC(C)c1cnn(Cc2ncc(C)c([N+](=O)[O-])c2C)c1. The van der Waals surface area contributed by atoms with E-state index in [2.05, 4.69) is 15.4 Å². The van der Waals surface area contributed by atoms with E-state index in [-0.39, 0.29) is 16.7 Å². The summed E-state index contributed by atoms with van der Waals surface area (Å²) in [7, 11) is 1.89. The minimum absolute atomic E-state index is 0.135. The molecule has 0 aliphatic carbocycles. The first-order valence-corrected chi connectivity index (χ1v) is 6.73. The maximum absolute atomic E-state index is 11.1. The number of aromatic nitrogens is 3. The average molecular weight is 289 g/mol. The Morgan fingerprint density at radius 3 is 2.76 bits per heavy atom. The molecule has 21 heavy (non-hydrogen) atoms. The van der Waals surface area contributed by atoms with E-state index in [9.17, 15) is 10.1 Å². The highest BCUT2D eigenvalue weighted by molar-refractivity contribution is 5.47. The minimum Gasteiger partial charge on any atom is -0.313 e. The van der Waals surface area contributed by atoms with E-state index in [1.165, 1.54) is 0 Å². The zero-order valence-corrected chi connectivity index (χ0v) is 12.6. The second-order valence-electron chi connectivity index (χ2n) is 5.10. The van der Waals surface area contributed by atoms with Gasteiger partial charge in [0, 0.05) is 29.6 Å². The van der Waals surface area contributed by atoms with Gasteiger partial charge in [0.2, 0.25) is 0 Å². The van der Waals surface area contributed by atoms with Crippen molar-refractivity contribution in [2.24, 2.45) is 0 Å². The van der Waals surface area contributed by atoms with Crippen LogP contribution in [0.5, 0.6) is 0 Å². The van der Waals surface area contributed by atoms with Gasteiger partial charge in [-0.2, -0.15) is 5.10 Å². The van der Waals surface area contributed by atoms with E-state index in [1.54, 1.807) is 30.9 Å². The molecule has 7 heteroatoms. The van der Waals surface area contributed by atoms with E-state index >= 15 is 0 Å². The molecule has 0 aromatic carbocycles. The highest BCUT2D eigenvalue weighted by Crippen LogP contribution is 2.24. The molecule has 112 valence electrons. The number of nitrogens with zero attached hydrogens (tertiary/aromatic N) is 4. The molecule has 1 unspecified atom stereocenters. The largest absolute Gasteiger partial charge is 0.313 e. The molecule has 2 heterocycles. The van der Waals surface area contributed by atoms with E-state index in [4.69, 9.17) is 0 Å². The molecule has 1 atom stereocenters. The summed E-state index contributed by atoms with van der Waals surface area (Å²) in [5.41, 5.74) is 3.04. The van der Waals surface area contributed by atoms with Crippen LogP contribution in [0.15, 0.2) is 18.6 Å².